The van der Waals surface area contributed by atoms with Crippen LogP contribution in [-0.2, 0) is 0 Å². The molecule has 1 aromatic rings. The van der Waals surface area contributed by atoms with E-state index < -0.39 is 0 Å². The van der Waals surface area contributed by atoms with Crippen molar-refractivity contribution in [3.8, 4) is 0 Å². The number of nitro benzene ring substituents is 1. The van der Waals surface area contributed by atoms with Crippen LogP contribution in [0.2, 0.25) is 5.02 Å². The van der Waals surface area contributed by atoms with Crippen molar-refractivity contribution in [1.29, 1.82) is 0 Å². The van der Waals surface area contributed by atoms with Gasteiger partial charge in [-0.3, -0.25) is 10.1 Å². The summed E-state index contributed by atoms with van der Waals surface area (Å²) in [6.07, 6.45) is 4.53. The molecule has 5 heteroatoms. The Balaban J connectivity index is 2.42. The smallest absolute Gasteiger partial charge is 0.310 e. The SMILES string of the molecule is CC1CCCCCN1c1cccc(Cl)c1[N+](=O)[O-]. The molecular weight excluding hydrogens is 252 g/mol. The van der Waals surface area contributed by atoms with E-state index in [1.165, 1.54) is 12.8 Å². The van der Waals surface area contributed by atoms with Crippen LogP contribution in [0.25, 0.3) is 0 Å². The van der Waals surface area contributed by atoms with Gasteiger partial charge in [-0.2, -0.15) is 0 Å². The number of anilines is 1. The highest BCUT2D eigenvalue weighted by Crippen LogP contribution is 2.37. The molecule has 1 saturated heterocycles. The zero-order chi connectivity index (χ0) is 13.1. The van der Waals surface area contributed by atoms with Crippen molar-refractivity contribution in [2.75, 3.05) is 11.4 Å². The van der Waals surface area contributed by atoms with Crippen LogP contribution in [0.15, 0.2) is 18.2 Å². The van der Waals surface area contributed by atoms with Gasteiger partial charge < -0.3 is 4.90 Å². The van der Waals surface area contributed by atoms with Crippen molar-refractivity contribution >= 4 is 23.0 Å². The third kappa shape index (κ3) is 2.58. The van der Waals surface area contributed by atoms with Crippen molar-refractivity contribution in [2.45, 2.75) is 38.6 Å². The molecule has 0 aliphatic carbocycles. The van der Waals surface area contributed by atoms with Crippen LogP contribution in [-0.4, -0.2) is 17.5 Å². The number of benzene rings is 1. The fraction of sp³-hybridized carbons (Fsp3) is 0.538. The first-order valence-electron chi connectivity index (χ1n) is 6.31. The highest BCUT2D eigenvalue weighted by molar-refractivity contribution is 6.33. The van der Waals surface area contributed by atoms with Gasteiger partial charge >= 0.3 is 5.69 Å². The van der Waals surface area contributed by atoms with Gasteiger partial charge in [0.1, 0.15) is 10.7 Å². The number of hydrogen-bond donors (Lipinski definition) is 0. The maximum atomic E-state index is 11.2. The largest absolute Gasteiger partial charge is 0.363 e. The van der Waals surface area contributed by atoms with Crippen molar-refractivity contribution in [1.82, 2.24) is 0 Å². The summed E-state index contributed by atoms with van der Waals surface area (Å²) in [5.41, 5.74) is 0.690. The first-order valence-corrected chi connectivity index (χ1v) is 6.68. The molecule has 1 fully saturated rings. The van der Waals surface area contributed by atoms with Crippen LogP contribution >= 0.6 is 11.6 Å². The van der Waals surface area contributed by atoms with Gasteiger partial charge in [-0.15, -0.1) is 0 Å². The lowest BCUT2D eigenvalue weighted by molar-refractivity contribution is -0.384. The number of nitro groups is 1. The lowest BCUT2D eigenvalue weighted by Gasteiger charge is -2.29. The summed E-state index contributed by atoms with van der Waals surface area (Å²) in [6.45, 7) is 2.98. The second kappa shape index (κ2) is 5.57. The van der Waals surface area contributed by atoms with Gasteiger partial charge in [0.25, 0.3) is 0 Å². The van der Waals surface area contributed by atoms with Gasteiger partial charge in [-0.1, -0.05) is 30.5 Å². The number of para-hydroxylation sites is 1. The van der Waals surface area contributed by atoms with Gasteiger partial charge in [0.2, 0.25) is 0 Å². The minimum atomic E-state index is -0.380. The first-order chi connectivity index (χ1) is 8.61. The van der Waals surface area contributed by atoms with E-state index in [1.807, 2.05) is 0 Å². The van der Waals surface area contributed by atoms with E-state index in [-0.39, 0.29) is 15.6 Å². The van der Waals surface area contributed by atoms with Crippen molar-refractivity contribution in [2.24, 2.45) is 0 Å². The molecule has 2 rings (SSSR count). The van der Waals surface area contributed by atoms with E-state index in [1.54, 1.807) is 18.2 Å². The number of nitrogens with zero attached hydrogens (tertiary/aromatic N) is 2. The highest BCUT2D eigenvalue weighted by Gasteiger charge is 2.26. The molecule has 0 bridgehead atoms. The van der Waals surface area contributed by atoms with Crippen LogP contribution in [0.1, 0.15) is 32.6 Å². The monoisotopic (exact) mass is 268 g/mol. The predicted molar refractivity (Wildman–Crippen MR) is 73.4 cm³/mol. The molecular formula is C13H17ClN2O2. The fourth-order valence-corrected chi connectivity index (χ4v) is 2.79. The molecule has 1 heterocycles. The van der Waals surface area contributed by atoms with E-state index in [0.717, 1.165) is 19.4 Å². The zero-order valence-electron chi connectivity index (χ0n) is 10.4. The minimum absolute atomic E-state index is 0.0351. The summed E-state index contributed by atoms with van der Waals surface area (Å²) in [5, 5.41) is 11.4. The first kappa shape index (κ1) is 13.1. The predicted octanol–water partition coefficient (Wildman–Crippen LogP) is 4.02. The van der Waals surface area contributed by atoms with Crippen LogP contribution < -0.4 is 4.90 Å². The second-order valence-electron chi connectivity index (χ2n) is 4.76. The molecule has 0 radical (unpaired) electrons. The summed E-state index contributed by atoms with van der Waals surface area (Å²) >= 11 is 5.96. The Morgan fingerprint density at radius 1 is 1.39 bits per heavy atom. The van der Waals surface area contributed by atoms with E-state index in [2.05, 4.69) is 11.8 Å². The molecule has 98 valence electrons. The molecule has 0 saturated carbocycles. The van der Waals surface area contributed by atoms with Crippen LogP contribution in [0.5, 0.6) is 0 Å². The highest BCUT2D eigenvalue weighted by atomic mass is 35.5. The quantitative estimate of drug-likeness (QED) is 0.601. The molecule has 1 aromatic carbocycles. The molecule has 1 aliphatic heterocycles. The van der Waals surface area contributed by atoms with Crippen molar-refractivity contribution in [3.05, 3.63) is 33.3 Å². The van der Waals surface area contributed by atoms with Gasteiger partial charge in [0.15, 0.2) is 0 Å². The molecule has 1 unspecified atom stereocenters. The topological polar surface area (TPSA) is 46.4 Å². The summed E-state index contributed by atoms with van der Waals surface area (Å²) in [4.78, 5) is 12.9. The molecule has 0 spiro atoms. The number of hydrogen-bond acceptors (Lipinski definition) is 3. The van der Waals surface area contributed by atoms with Gasteiger partial charge in [-0.25, -0.2) is 0 Å². The van der Waals surface area contributed by atoms with Crippen molar-refractivity contribution < 1.29 is 4.92 Å². The standard InChI is InChI=1S/C13H17ClN2O2/c1-10-6-3-2-4-9-15(10)12-8-5-7-11(14)13(12)16(17)18/h5,7-8,10H,2-4,6,9H2,1H3. The van der Waals surface area contributed by atoms with E-state index >= 15 is 0 Å². The Morgan fingerprint density at radius 3 is 2.89 bits per heavy atom. The molecule has 0 N–H and O–H groups in total. The molecule has 4 nitrogen and oxygen atoms in total. The summed E-state index contributed by atoms with van der Waals surface area (Å²) < 4.78 is 0. The zero-order valence-corrected chi connectivity index (χ0v) is 11.2. The minimum Gasteiger partial charge on any atom is -0.363 e. The maximum absolute atomic E-state index is 11.2. The van der Waals surface area contributed by atoms with Gasteiger partial charge in [0.05, 0.1) is 4.92 Å². The average molecular weight is 269 g/mol. The van der Waals surface area contributed by atoms with Crippen LogP contribution in [0, 0.1) is 10.1 Å². The lowest BCUT2D eigenvalue weighted by Crippen LogP contribution is -2.32. The Labute approximate surface area is 112 Å². The molecule has 1 aliphatic rings. The van der Waals surface area contributed by atoms with E-state index in [4.69, 9.17) is 11.6 Å². The lowest BCUT2D eigenvalue weighted by atomic mass is 10.1. The summed E-state index contributed by atoms with van der Waals surface area (Å²) in [6, 6.07) is 5.48. The van der Waals surface area contributed by atoms with Crippen molar-refractivity contribution in [3.63, 3.8) is 0 Å². The Hall–Kier alpha value is -1.29. The number of rotatable bonds is 2. The molecule has 0 aromatic heterocycles. The van der Waals surface area contributed by atoms with Gasteiger partial charge in [-0.05, 0) is 31.9 Å². The molecule has 18 heavy (non-hydrogen) atoms. The van der Waals surface area contributed by atoms with Crippen LogP contribution in [0.4, 0.5) is 11.4 Å². The summed E-state index contributed by atoms with van der Waals surface area (Å²) in [5.74, 6) is 0. The second-order valence-corrected chi connectivity index (χ2v) is 5.16. The van der Waals surface area contributed by atoms with Gasteiger partial charge in [0, 0.05) is 12.6 Å². The Morgan fingerprint density at radius 2 is 2.17 bits per heavy atom. The molecule has 0 amide bonds. The van der Waals surface area contributed by atoms with E-state index in [9.17, 15) is 10.1 Å². The third-order valence-electron chi connectivity index (χ3n) is 3.51. The maximum Gasteiger partial charge on any atom is 0.310 e. The molecule has 1 atom stereocenters. The normalized spacial score (nSPS) is 20.6. The Bertz CT molecular complexity index is 451. The van der Waals surface area contributed by atoms with E-state index in [0.29, 0.717) is 11.7 Å². The fourth-order valence-electron chi connectivity index (χ4n) is 2.55. The third-order valence-corrected chi connectivity index (χ3v) is 3.82. The summed E-state index contributed by atoms with van der Waals surface area (Å²) in [7, 11) is 0. The number of halogens is 1. The van der Waals surface area contributed by atoms with Crippen LogP contribution in [0.3, 0.4) is 0 Å². The Kier molecular flexibility index (Phi) is 4.07. The average Bonchev–Trinajstić information content (AvgIpc) is 2.53.